The molecule has 0 aromatic heterocycles. The van der Waals surface area contributed by atoms with Crippen LogP contribution in [-0.2, 0) is 10.1 Å². The Labute approximate surface area is 75.0 Å². The third-order valence-electron chi connectivity index (χ3n) is 1.60. The molecule has 0 saturated carbocycles. The van der Waals surface area contributed by atoms with Crippen molar-refractivity contribution in [2.45, 2.75) is 11.8 Å². The van der Waals surface area contributed by atoms with Crippen LogP contribution < -0.4 is 0 Å². The second-order valence-electron chi connectivity index (χ2n) is 2.56. The molecule has 5 nitrogen and oxygen atoms in total. The molecule has 13 heavy (non-hydrogen) atoms. The number of aromatic hydroxyl groups is 2. The molecule has 0 aliphatic carbocycles. The minimum absolute atomic E-state index is 0.000278. The van der Waals surface area contributed by atoms with Gasteiger partial charge in [0.05, 0.1) is 0 Å². The van der Waals surface area contributed by atoms with Gasteiger partial charge in [0.2, 0.25) is 0 Å². The van der Waals surface area contributed by atoms with E-state index < -0.39 is 20.8 Å². The van der Waals surface area contributed by atoms with Gasteiger partial charge in [-0.15, -0.1) is 0 Å². The molecule has 0 unspecified atom stereocenters. The summed E-state index contributed by atoms with van der Waals surface area (Å²) in [5.74, 6) is -0.802. The largest absolute Gasteiger partial charge is 0.508 e. The van der Waals surface area contributed by atoms with E-state index in [1.807, 2.05) is 0 Å². The Morgan fingerprint density at radius 2 is 1.77 bits per heavy atom. The van der Waals surface area contributed by atoms with E-state index in [1.165, 1.54) is 6.92 Å². The van der Waals surface area contributed by atoms with E-state index in [0.29, 0.717) is 0 Å². The Bertz CT molecular complexity index is 434. The van der Waals surface area contributed by atoms with Crippen molar-refractivity contribution in [1.82, 2.24) is 0 Å². The van der Waals surface area contributed by atoms with Crippen molar-refractivity contribution >= 4 is 10.1 Å². The first-order valence-electron chi connectivity index (χ1n) is 3.32. The molecule has 0 radical (unpaired) electrons. The summed E-state index contributed by atoms with van der Waals surface area (Å²) in [7, 11) is -4.40. The van der Waals surface area contributed by atoms with E-state index >= 15 is 0 Å². The SMILES string of the molecule is Cc1c(O)cc(O)cc1S(=O)(=O)O. The second kappa shape index (κ2) is 2.90. The molecule has 1 rings (SSSR count). The lowest BCUT2D eigenvalue weighted by Gasteiger charge is -2.04. The Morgan fingerprint density at radius 1 is 1.23 bits per heavy atom. The number of hydrogen-bond donors (Lipinski definition) is 3. The molecule has 72 valence electrons. The summed E-state index contributed by atoms with van der Waals surface area (Å²) in [6.07, 6.45) is 0. The minimum atomic E-state index is -4.40. The van der Waals surface area contributed by atoms with E-state index in [-0.39, 0.29) is 11.3 Å². The average molecular weight is 204 g/mol. The molecular formula is C7H8O5S. The van der Waals surface area contributed by atoms with Crippen LogP contribution >= 0.6 is 0 Å². The second-order valence-corrected chi connectivity index (χ2v) is 3.95. The number of phenolic OH excluding ortho intramolecular Hbond substituents is 2. The quantitative estimate of drug-likeness (QED) is 0.584. The minimum Gasteiger partial charge on any atom is -0.508 e. The van der Waals surface area contributed by atoms with Crippen LogP contribution in [0, 0.1) is 6.92 Å². The zero-order valence-corrected chi connectivity index (χ0v) is 7.54. The third-order valence-corrected chi connectivity index (χ3v) is 2.58. The van der Waals surface area contributed by atoms with Crippen molar-refractivity contribution in [3.63, 3.8) is 0 Å². The highest BCUT2D eigenvalue weighted by Crippen LogP contribution is 2.28. The van der Waals surface area contributed by atoms with Crippen LogP contribution in [0.25, 0.3) is 0 Å². The van der Waals surface area contributed by atoms with Crippen LogP contribution in [0.1, 0.15) is 5.56 Å². The molecule has 0 fully saturated rings. The number of hydrogen-bond acceptors (Lipinski definition) is 4. The molecule has 0 bridgehead atoms. The summed E-state index contributed by atoms with van der Waals surface area (Å²) in [6, 6.07) is 1.86. The van der Waals surface area contributed by atoms with Crippen molar-refractivity contribution in [3.8, 4) is 11.5 Å². The summed E-state index contributed by atoms with van der Waals surface area (Å²) in [5, 5.41) is 18.1. The van der Waals surface area contributed by atoms with E-state index in [4.69, 9.17) is 14.8 Å². The Kier molecular flexibility index (Phi) is 2.19. The maximum atomic E-state index is 10.7. The van der Waals surface area contributed by atoms with Crippen molar-refractivity contribution < 1.29 is 23.2 Å². The van der Waals surface area contributed by atoms with Gasteiger partial charge in [0.15, 0.2) is 0 Å². The molecule has 1 aromatic carbocycles. The Hall–Kier alpha value is -1.27. The molecule has 0 saturated heterocycles. The van der Waals surface area contributed by atoms with Gasteiger partial charge in [-0.3, -0.25) is 4.55 Å². The van der Waals surface area contributed by atoms with Crippen LogP contribution in [0.15, 0.2) is 17.0 Å². The fourth-order valence-corrected chi connectivity index (χ4v) is 1.69. The molecule has 0 heterocycles. The van der Waals surface area contributed by atoms with Gasteiger partial charge in [0.1, 0.15) is 16.4 Å². The summed E-state index contributed by atoms with van der Waals surface area (Å²) in [4.78, 5) is -0.495. The van der Waals surface area contributed by atoms with Gasteiger partial charge in [-0.1, -0.05) is 0 Å². The molecule has 0 amide bonds. The van der Waals surface area contributed by atoms with E-state index in [1.54, 1.807) is 0 Å². The summed E-state index contributed by atoms with van der Waals surface area (Å²) >= 11 is 0. The maximum absolute atomic E-state index is 10.7. The van der Waals surface area contributed by atoms with Crippen molar-refractivity contribution in [2.75, 3.05) is 0 Å². The highest BCUT2D eigenvalue weighted by atomic mass is 32.2. The first-order chi connectivity index (χ1) is 5.82. The number of phenols is 2. The average Bonchev–Trinajstić information content (AvgIpc) is 1.94. The maximum Gasteiger partial charge on any atom is 0.295 e. The summed E-state index contributed by atoms with van der Waals surface area (Å²) in [5.41, 5.74) is 0.000278. The zero-order valence-electron chi connectivity index (χ0n) is 6.72. The highest BCUT2D eigenvalue weighted by molar-refractivity contribution is 7.85. The first kappa shape index (κ1) is 9.82. The lowest BCUT2D eigenvalue weighted by atomic mass is 10.2. The fraction of sp³-hybridized carbons (Fsp3) is 0.143. The lowest BCUT2D eigenvalue weighted by molar-refractivity contribution is 0.439. The lowest BCUT2D eigenvalue weighted by Crippen LogP contribution is -2.00. The van der Waals surface area contributed by atoms with Crippen molar-refractivity contribution in [1.29, 1.82) is 0 Å². The van der Waals surface area contributed by atoms with Gasteiger partial charge in [0, 0.05) is 17.7 Å². The van der Waals surface area contributed by atoms with Crippen LogP contribution in [0.2, 0.25) is 0 Å². The predicted octanol–water partition coefficient (Wildman–Crippen LogP) is 0.653. The third kappa shape index (κ3) is 1.90. The van der Waals surface area contributed by atoms with Crippen molar-refractivity contribution in [2.24, 2.45) is 0 Å². The molecule has 0 spiro atoms. The smallest absolute Gasteiger partial charge is 0.295 e. The van der Waals surface area contributed by atoms with E-state index in [2.05, 4.69) is 0 Å². The van der Waals surface area contributed by atoms with E-state index in [9.17, 15) is 8.42 Å². The van der Waals surface area contributed by atoms with Crippen LogP contribution in [-0.4, -0.2) is 23.2 Å². The Balaban J connectivity index is 3.56. The van der Waals surface area contributed by atoms with Crippen LogP contribution in [0.4, 0.5) is 0 Å². The highest BCUT2D eigenvalue weighted by Gasteiger charge is 2.16. The monoisotopic (exact) mass is 204 g/mol. The van der Waals surface area contributed by atoms with Gasteiger partial charge >= 0.3 is 0 Å². The molecule has 1 aromatic rings. The number of benzene rings is 1. The van der Waals surface area contributed by atoms with Gasteiger partial charge in [-0.05, 0) is 6.92 Å². The van der Waals surface area contributed by atoms with Crippen molar-refractivity contribution in [3.05, 3.63) is 17.7 Å². The van der Waals surface area contributed by atoms with Gasteiger partial charge in [-0.25, -0.2) is 0 Å². The zero-order chi connectivity index (χ0) is 10.2. The van der Waals surface area contributed by atoms with Gasteiger partial charge in [0.25, 0.3) is 10.1 Å². The molecule has 0 atom stereocenters. The first-order valence-corrected chi connectivity index (χ1v) is 4.76. The molecule has 6 heteroatoms. The Morgan fingerprint density at radius 3 is 2.23 bits per heavy atom. The number of rotatable bonds is 1. The van der Waals surface area contributed by atoms with Gasteiger partial charge < -0.3 is 10.2 Å². The van der Waals surface area contributed by atoms with E-state index in [0.717, 1.165) is 12.1 Å². The van der Waals surface area contributed by atoms with Crippen LogP contribution in [0.5, 0.6) is 11.5 Å². The molecule has 3 N–H and O–H groups in total. The van der Waals surface area contributed by atoms with Crippen LogP contribution in [0.3, 0.4) is 0 Å². The summed E-state index contributed by atoms with van der Waals surface area (Å²) in [6.45, 7) is 1.32. The predicted molar refractivity (Wildman–Crippen MR) is 44.3 cm³/mol. The molecule has 0 aliphatic rings. The molecular weight excluding hydrogens is 196 g/mol. The fourth-order valence-electron chi connectivity index (χ4n) is 0.927. The topological polar surface area (TPSA) is 94.8 Å². The standard InChI is InChI=1S/C7H8O5S/c1-4-6(9)2-5(8)3-7(4)13(10,11)12/h2-3,8-9H,1H3,(H,10,11,12). The van der Waals surface area contributed by atoms with Gasteiger partial charge in [-0.2, -0.15) is 8.42 Å². The molecule has 0 aliphatic heterocycles. The summed E-state index contributed by atoms with van der Waals surface area (Å²) < 4.78 is 30.1. The normalized spacial score (nSPS) is 11.5.